The zero-order valence-corrected chi connectivity index (χ0v) is 12.5. The van der Waals surface area contributed by atoms with Crippen molar-refractivity contribution in [1.82, 2.24) is 0 Å². The molecule has 0 fully saturated rings. The molecule has 2 nitrogen and oxygen atoms in total. The minimum Gasteiger partial charge on any atom is -0.383 e. The summed E-state index contributed by atoms with van der Waals surface area (Å²) in [5.41, 5.74) is 2.70. The molecule has 0 aliphatic carbocycles. The Balaban J connectivity index is 2.43. The first kappa shape index (κ1) is 13.5. The third-order valence-electron chi connectivity index (χ3n) is 3.75. The quantitative estimate of drug-likeness (QED) is 0.854. The second-order valence-corrected chi connectivity index (χ2v) is 6.50. The molecule has 2 rings (SSSR count). The maximum Gasteiger partial charge on any atom is 0.0605 e. The number of benzene rings is 1. The number of nitrogens with zero attached hydrogens (tertiary/aromatic N) is 1. The van der Waals surface area contributed by atoms with Crippen LogP contribution in [0.3, 0.4) is 0 Å². The molecule has 18 heavy (non-hydrogen) atoms. The Kier molecular flexibility index (Phi) is 3.76. The molecule has 0 saturated heterocycles. The van der Waals surface area contributed by atoms with E-state index in [1.54, 1.807) is 0 Å². The van der Waals surface area contributed by atoms with Crippen molar-refractivity contribution in [3.05, 3.63) is 23.2 Å². The first-order valence-corrected chi connectivity index (χ1v) is 7.11. The Hall–Kier alpha value is -0.890. The molecule has 3 heteroatoms. The highest BCUT2D eigenvalue weighted by Crippen LogP contribution is 2.36. The molecule has 1 aromatic carbocycles. The summed E-state index contributed by atoms with van der Waals surface area (Å²) >= 11 is 6.10. The van der Waals surface area contributed by atoms with Crippen molar-refractivity contribution in [1.29, 1.82) is 0 Å². The van der Waals surface area contributed by atoms with Crippen molar-refractivity contribution in [2.75, 3.05) is 23.3 Å². The second kappa shape index (κ2) is 5.00. The highest BCUT2D eigenvalue weighted by atomic mass is 35.5. The summed E-state index contributed by atoms with van der Waals surface area (Å²) in [5, 5.41) is 4.34. The zero-order chi connectivity index (χ0) is 13.3. The molecule has 1 N–H and O–H groups in total. The van der Waals surface area contributed by atoms with Gasteiger partial charge < -0.3 is 10.2 Å². The number of hydrogen-bond acceptors (Lipinski definition) is 2. The first-order valence-electron chi connectivity index (χ1n) is 6.73. The average Bonchev–Trinajstić information content (AvgIpc) is 2.45. The predicted octanol–water partition coefficient (Wildman–Crippen LogP) is 4.40. The van der Waals surface area contributed by atoms with Gasteiger partial charge in [-0.1, -0.05) is 32.4 Å². The van der Waals surface area contributed by atoms with Gasteiger partial charge in [0.25, 0.3) is 0 Å². The lowest BCUT2D eigenvalue weighted by atomic mass is 9.92. The third kappa shape index (κ3) is 2.74. The fourth-order valence-corrected chi connectivity index (χ4v) is 2.62. The molecule has 1 aliphatic rings. The van der Waals surface area contributed by atoms with Gasteiger partial charge in [-0.15, -0.1) is 0 Å². The van der Waals surface area contributed by atoms with Crippen LogP contribution in [0.2, 0.25) is 5.02 Å². The highest BCUT2D eigenvalue weighted by molar-refractivity contribution is 6.31. The Bertz CT molecular complexity index is 429. The van der Waals surface area contributed by atoms with Crippen LogP contribution in [0.15, 0.2) is 18.2 Å². The van der Waals surface area contributed by atoms with Crippen LogP contribution in [0.25, 0.3) is 0 Å². The van der Waals surface area contributed by atoms with Crippen molar-refractivity contribution in [3.63, 3.8) is 0 Å². The van der Waals surface area contributed by atoms with E-state index in [1.165, 1.54) is 5.69 Å². The van der Waals surface area contributed by atoms with E-state index in [1.807, 2.05) is 12.1 Å². The molecule has 0 saturated carbocycles. The van der Waals surface area contributed by atoms with Gasteiger partial charge in [-0.3, -0.25) is 0 Å². The predicted molar refractivity (Wildman–Crippen MR) is 80.8 cm³/mol. The van der Waals surface area contributed by atoms with E-state index >= 15 is 0 Å². The van der Waals surface area contributed by atoms with Crippen LogP contribution in [0.5, 0.6) is 0 Å². The third-order valence-corrected chi connectivity index (χ3v) is 3.98. The SMILES string of the molecule is CCC(C)N1CC(C)(C)CNc2cc(Cl)ccc21. The van der Waals surface area contributed by atoms with Gasteiger partial charge in [0.15, 0.2) is 0 Å². The minimum atomic E-state index is 0.259. The monoisotopic (exact) mass is 266 g/mol. The molecule has 100 valence electrons. The van der Waals surface area contributed by atoms with E-state index in [-0.39, 0.29) is 5.41 Å². The Labute approximate surface area is 115 Å². The molecule has 1 aromatic rings. The van der Waals surface area contributed by atoms with Gasteiger partial charge in [0.05, 0.1) is 11.4 Å². The van der Waals surface area contributed by atoms with Gasteiger partial charge >= 0.3 is 0 Å². The van der Waals surface area contributed by atoms with E-state index in [0.717, 1.165) is 30.2 Å². The molecule has 1 unspecified atom stereocenters. The van der Waals surface area contributed by atoms with Gasteiger partial charge in [0.1, 0.15) is 0 Å². The molecule has 0 amide bonds. The number of fused-ring (bicyclic) bond motifs is 1. The van der Waals surface area contributed by atoms with Gasteiger partial charge in [-0.05, 0) is 37.0 Å². The molecule has 0 bridgehead atoms. The van der Waals surface area contributed by atoms with Gasteiger partial charge in [-0.2, -0.15) is 0 Å². The van der Waals surface area contributed by atoms with Crippen LogP contribution < -0.4 is 10.2 Å². The van der Waals surface area contributed by atoms with E-state index in [4.69, 9.17) is 11.6 Å². The zero-order valence-electron chi connectivity index (χ0n) is 11.8. The number of anilines is 2. The number of nitrogens with one attached hydrogen (secondary N) is 1. The summed E-state index contributed by atoms with van der Waals surface area (Å²) in [6.07, 6.45) is 1.15. The van der Waals surface area contributed by atoms with Crippen LogP contribution in [0.4, 0.5) is 11.4 Å². The van der Waals surface area contributed by atoms with Crippen molar-refractivity contribution >= 4 is 23.0 Å². The number of hydrogen-bond donors (Lipinski definition) is 1. The van der Waals surface area contributed by atoms with Crippen LogP contribution in [0.1, 0.15) is 34.1 Å². The van der Waals surface area contributed by atoms with Gasteiger partial charge in [0.2, 0.25) is 0 Å². The van der Waals surface area contributed by atoms with E-state index in [9.17, 15) is 0 Å². The first-order chi connectivity index (χ1) is 8.43. The minimum absolute atomic E-state index is 0.259. The van der Waals surface area contributed by atoms with Gasteiger partial charge in [0, 0.05) is 24.2 Å². The summed E-state index contributed by atoms with van der Waals surface area (Å²) in [6, 6.07) is 6.70. The summed E-state index contributed by atoms with van der Waals surface area (Å²) in [7, 11) is 0. The lowest BCUT2D eigenvalue weighted by molar-refractivity contribution is 0.380. The van der Waals surface area contributed by atoms with Crippen molar-refractivity contribution < 1.29 is 0 Å². The number of rotatable bonds is 2. The van der Waals surface area contributed by atoms with Crippen LogP contribution in [-0.2, 0) is 0 Å². The maximum atomic E-state index is 6.10. The molecule has 1 atom stereocenters. The topological polar surface area (TPSA) is 15.3 Å². The smallest absolute Gasteiger partial charge is 0.0605 e. The lowest BCUT2D eigenvalue weighted by Gasteiger charge is -2.35. The molecular formula is C15H23ClN2. The molecule has 1 aliphatic heterocycles. The van der Waals surface area contributed by atoms with E-state index < -0.39 is 0 Å². The number of halogens is 1. The summed E-state index contributed by atoms with van der Waals surface area (Å²) in [4.78, 5) is 2.51. The van der Waals surface area contributed by atoms with E-state index in [2.05, 4.69) is 44.0 Å². The maximum absolute atomic E-state index is 6.10. The van der Waals surface area contributed by atoms with E-state index in [0.29, 0.717) is 6.04 Å². The Morgan fingerprint density at radius 1 is 1.44 bits per heavy atom. The van der Waals surface area contributed by atoms with Crippen molar-refractivity contribution in [3.8, 4) is 0 Å². The Morgan fingerprint density at radius 2 is 2.17 bits per heavy atom. The van der Waals surface area contributed by atoms with Crippen LogP contribution in [-0.4, -0.2) is 19.1 Å². The van der Waals surface area contributed by atoms with Crippen molar-refractivity contribution in [2.24, 2.45) is 5.41 Å². The normalized spacial score (nSPS) is 19.7. The summed E-state index contributed by atoms with van der Waals surface area (Å²) in [6.45, 7) is 11.2. The summed E-state index contributed by atoms with van der Waals surface area (Å²) in [5.74, 6) is 0. The van der Waals surface area contributed by atoms with Crippen LogP contribution in [0, 0.1) is 5.41 Å². The summed E-state index contributed by atoms with van der Waals surface area (Å²) < 4.78 is 0. The molecular weight excluding hydrogens is 244 g/mol. The molecule has 1 heterocycles. The largest absolute Gasteiger partial charge is 0.383 e. The Morgan fingerprint density at radius 3 is 2.83 bits per heavy atom. The molecule has 0 aromatic heterocycles. The van der Waals surface area contributed by atoms with Gasteiger partial charge in [-0.25, -0.2) is 0 Å². The second-order valence-electron chi connectivity index (χ2n) is 6.06. The fourth-order valence-electron chi connectivity index (χ4n) is 2.45. The lowest BCUT2D eigenvalue weighted by Crippen LogP contribution is -2.40. The average molecular weight is 267 g/mol. The molecule has 0 radical (unpaired) electrons. The fraction of sp³-hybridized carbons (Fsp3) is 0.600. The standard InChI is InChI=1S/C15H23ClN2/c1-5-11(2)18-10-15(3,4)9-17-13-8-12(16)6-7-14(13)18/h6-8,11,17H,5,9-10H2,1-4H3. The van der Waals surface area contributed by atoms with Crippen molar-refractivity contribution in [2.45, 2.75) is 40.2 Å². The van der Waals surface area contributed by atoms with Crippen LogP contribution >= 0.6 is 11.6 Å². The highest BCUT2D eigenvalue weighted by Gasteiger charge is 2.29. The molecule has 0 spiro atoms.